The molecule has 1 N–H and O–H groups in total. The van der Waals surface area contributed by atoms with Gasteiger partial charge in [0.2, 0.25) is 10.0 Å². The Morgan fingerprint density at radius 1 is 1.33 bits per heavy atom. The van der Waals surface area contributed by atoms with E-state index in [1.807, 2.05) is 6.92 Å². The lowest BCUT2D eigenvalue weighted by molar-refractivity contribution is 0.400. The highest BCUT2D eigenvalue weighted by molar-refractivity contribution is 7.89. The zero-order chi connectivity index (χ0) is 16.9. The van der Waals surface area contributed by atoms with Crippen LogP contribution in [0.15, 0.2) is 23.5 Å². The van der Waals surface area contributed by atoms with Crippen LogP contribution in [0.1, 0.15) is 30.4 Å². The van der Waals surface area contributed by atoms with Crippen LogP contribution in [-0.2, 0) is 23.6 Å². The van der Waals surface area contributed by atoms with Gasteiger partial charge in [-0.3, -0.25) is 4.68 Å². The van der Waals surface area contributed by atoms with E-state index in [-0.39, 0.29) is 10.9 Å². The Labute approximate surface area is 138 Å². The van der Waals surface area contributed by atoms with E-state index in [2.05, 4.69) is 24.9 Å². The number of hydrogen-bond donors (Lipinski definition) is 1. The minimum absolute atomic E-state index is 0.128. The lowest BCUT2D eigenvalue weighted by Crippen LogP contribution is -2.33. The molecule has 3 aromatic rings. The lowest BCUT2D eigenvalue weighted by atomic mass is 10.1. The molecule has 0 fully saturated rings. The highest BCUT2D eigenvalue weighted by Crippen LogP contribution is 2.25. The molecular weight excluding hydrogens is 330 g/mol. The van der Waals surface area contributed by atoms with Crippen LogP contribution in [0, 0.1) is 6.92 Å². The summed E-state index contributed by atoms with van der Waals surface area (Å²) in [6, 6.07) is 1.23. The Bertz CT molecular complexity index is 1020. The molecule has 0 aromatic carbocycles. The maximum absolute atomic E-state index is 12.8. The third kappa shape index (κ3) is 2.38. The largest absolute Gasteiger partial charge is 0.250 e. The quantitative estimate of drug-likeness (QED) is 0.746. The summed E-state index contributed by atoms with van der Waals surface area (Å²) in [5.41, 5.74) is 1.40. The van der Waals surface area contributed by atoms with Crippen LogP contribution in [0.3, 0.4) is 0 Å². The second-order valence-electron chi connectivity index (χ2n) is 5.91. The summed E-state index contributed by atoms with van der Waals surface area (Å²) in [6.07, 6.45) is 4.36. The number of rotatable bonds is 3. The molecule has 0 radical (unpaired) electrons. The van der Waals surface area contributed by atoms with Crippen molar-refractivity contribution >= 4 is 21.1 Å². The van der Waals surface area contributed by atoms with Crippen molar-refractivity contribution in [1.82, 2.24) is 34.3 Å². The molecule has 0 spiro atoms. The molecule has 1 aliphatic rings. The van der Waals surface area contributed by atoms with E-state index in [4.69, 9.17) is 0 Å². The molecule has 0 amide bonds. The summed E-state index contributed by atoms with van der Waals surface area (Å²) in [6.45, 7) is 2.59. The second-order valence-corrected chi connectivity index (χ2v) is 7.62. The smallest absolute Gasteiger partial charge is 0.242 e. The highest BCUT2D eigenvalue weighted by Gasteiger charge is 2.28. The van der Waals surface area contributed by atoms with Crippen molar-refractivity contribution in [2.75, 3.05) is 0 Å². The summed E-state index contributed by atoms with van der Waals surface area (Å²) in [4.78, 5) is 8.55. The summed E-state index contributed by atoms with van der Waals surface area (Å²) >= 11 is 0. The average molecular weight is 347 g/mol. The van der Waals surface area contributed by atoms with Gasteiger partial charge in [0.1, 0.15) is 17.0 Å². The monoisotopic (exact) mass is 347 g/mol. The van der Waals surface area contributed by atoms with Gasteiger partial charge in [-0.05, 0) is 25.8 Å². The normalized spacial score (nSPS) is 18.0. The number of hydrogen-bond acceptors (Lipinski definition) is 6. The van der Waals surface area contributed by atoms with Gasteiger partial charge in [0.15, 0.2) is 5.65 Å². The van der Waals surface area contributed by atoms with Gasteiger partial charge in [0.25, 0.3) is 0 Å². The van der Waals surface area contributed by atoms with E-state index in [0.29, 0.717) is 17.9 Å². The fourth-order valence-corrected chi connectivity index (χ4v) is 4.29. The minimum atomic E-state index is -3.71. The van der Waals surface area contributed by atoms with Gasteiger partial charge < -0.3 is 0 Å². The van der Waals surface area contributed by atoms with E-state index >= 15 is 0 Å². The van der Waals surface area contributed by atoms with Gasteiger partial charge in [-0.15, -0.1) is 0 Å². The first kappa shape index (κ1) is 15.2. The van der Waals surface area contributed by atoms with Crippen molar-refractivity contribution in [3.05, 3.63) is 30.1 Å². The van der Waals surface area contributed by atoms with Crippen molar-refractivity contribution in [3.8, 4) is 0 Å². The first-order valence-corrected chi connectivity index (χ1v) is 9.13. The number of sulfonamides is 1. The van der Waals surface area contributed by atoms with Gasteiger partial charge in [0.05, 0.1) is 11.7 Å². The second kappa shape index (κ2) is 5.35. The summed E-state index contributed by atoms with van der Waals surface area (Å²) in [5.74, 6) is 0.649. The Kier molecular flexibility index (Phi) is 3.39. The fourth-order valence-electron chi connectivity index (χ4n) is 3.09. The molecule has 0 aliphatic carbocycles. The third-order valence-electron chi connectivity index (χ3n) is 4.27. The van der Waals surface area contributed by atoms with Crippen LogP contribution in [0.4, 0.5) is 0 Å². The first-order chi connectivity index (χ1) is 11.5. The molecule has 3 aromatic heterocycles. The number of nitrogens with one attached hydrogen (secondary N) is 1. The summed E-state index contributed by atoms with van der Waals surface area (Å²) in [5, 5.41) is 9.11. The van der Waals surface area contributed by atoms with E-state index in [9.17, 15) is 8.42 Å². The Morgan fingerprint density at radius 2 is 2.17 bits per heavy atom. The van der Waals surface area contributed by atoms with Gasteiger partial charge >= 0.3 is 0 Å². The van der Waals surface area contributed by atoms with Crippen molar-refractivity contribution in [3.63, 3.8) is 0 Å². The summed E-state index contributed by atoms with van der Waals surface area (Å²) in [7, 11) is -1.93. The average Bonchev–Trinajstić information content (AvgIpc) is 3.13. The summed E-state index contributed by atoms with van der Waals surface area (Å²) < 4.78 is 31.6. The number of pyridine rings is 1. The van der Waals surface area contributed by atoms with Crippen molar-refractivity contribution < 1.29 is 8.42 Å². The van der Waals surface area contributed by atoms with Gasteiger partial charge in [-0.2, -0.15) is 10.2 Å². The predicted octanol–water partition coefficient (Wildman–Crippen LogP) is 0.682. The van der Waals surface area contributed by atoms with Crippen LogP contribution < -0.4 is 4.72 Å². The standard InChI is InChI=1S/C14H17N7O2S/c1-9-11-6-10(7-15-13(11)20(2)18-9)24(22,23)19-12-4-3-5-21-14(12)16-8-17-21/h6-8,12,19H,3-5H2,1-2H3. The van der Waals surface area contributed by atoms with Crippen molar-refractivity contribution in [2.45, 2.75) is 37.2 Å². The fraction of sp³-hybridized carbons (Fsp3) is 0.429. The first-order valence-electron chi connectivity index (χ1n) is 7.65. The van der Waals surface area contributed by atoms with Crippen LogP contribution in [0.25, 0.3) is 11.0 Å². The zero-order valence-corrected chi connectivity index (χ0v) is 14.2. The molecule has 4 heterocycles. The Balaban J connectivity index is 1.70. The topological polar surface area (TPSA) is 108 Å². The molecule has 126 valence electrons. The molecule has 1 atom stereocenters. The lowest BCUT2D eigenvalue weighted by Gasteiger charge is -2.22. The Morgan fingerprint density at radius 3 is 3.00 bits per heavy atom. The molecule has 10 heteroatoms. The van der Waals surface area contributed by atoms with Crippen molar-refractivity contribution in [2.24, 2.45) is 7.05 Å². The van der Waals surface area contributed by atoms with E-state index in [1.54, 1.807) is 22.5 Å². The van der Waals surface area contributed by atoms with Crippen LogP contribution in [0.2, 0.25) is 0 Å². The predicted molar refractivity (Wildman–Crippen MR) is 85.6 cm³/mol. The van der Waals surface area contributed by atoms with E-state index < -0.39 is 10.0 Å². The number of aryl methyl sites for hydroxylation is 3. The maximum atomic E-state index is 12.8. The molecule has 24 heavy (non-hydrogen) atoms. The number of nitrogens with zero attached hydrogens (tertiary/aromatic N) is 6. The van der Waals surface area contributed by atoms with Gasteiger partial charge in [-0.25, -0.2) is 27.8 Å². The highest BCUT2D eigenvalue weighted by atomic mass is 32.2. The Hall–Kier alpha value is -2.33. The number of aromatic nitrogens is 6. The molecule has 1 aliphatic heterocycles. The van der Waals surface area contributed by atoms with E-state index in [0.717, 1.165) is 24.0 Å². The van der Waals surface area contributed by atoms with Crippen molar-refractivity contribution in [1.29, 1.82) is 0 Å². The van der Waals surface area contributed by atoms with Gasteiger partial charge in [-0.1, -0.05) is 0 Å². The molecule has 0 saturated carbocycles. The molecule has 1 unspecified atom stereocenters. The SMILES string of the molecule is Cc1nn(C)c2ncc(S(=O)(=O)NC3CCCn4ncnc43)cc12. The van der Waals surface area contributed by atoms with Crippen LogP contribution in [-0.4, -0.2) is 37.9 Å². The number of fused-ring (bicyclic) bond motifs is 2. The molecular formula is C14H17N7O2S. The molecule has 0 saturated heterocycles. The van der Waals surface area contributed by atoms with Gasteiger partial charge in [0, 0.05) is 25.2 Å². The van der Waals surface area contributed by atoms with Crippen LogP contribution in [0.5, 0.6) is 0 Å². The van der Waals surface area contributed by atoms with Crippen LogP contribution >= 0.6 is 0 Å². The van der Waals surface area contributed by atoms with E-state index in [1.165, 1.54) is 12.5 Å². The molecule has 9 nitrogen and oxygen atoms in total. The third-order valence-corrected chi connectivity index (χ3v) is 5.70. The minimum Gasteiger partial charge on any atom is -0.250 e. The molecule has 4 rings (SSSR count). The maximum Gasteiger partial charge on any atom is 0.242 e. The zero-order valence-electron chi connectivity index (χ0n) is 13.3. The molecule has 0 bridgehead atoms.